The molecule has 0 aliphatic carbocycles. The molecule has 2 aromatic rings. The largest absolute Gasteiger partial charge is 0.370 e. The normalized spacial score (nSPS) is 14.5. The molecule has 1 N–H and O–H groups in total. The van der Waals surface area contributed by atoms with E-state index in [1.54, 1.807) is 29.3 Å². The number of carbonyl (C=O) groups is 1. The Balaban J connectivity index is 1.56. The van der Waals surface area contributed by atoms with Crippen molar-refractivity contribution in [3.05, 3.63) is 47.9 Å². The first kappa shape index (κ1) is 16.2. The lowest BCUT2D eigenvalue weighted by molar-refractivity contribution is -0.118. The Hall–Kier alpha value is -2.70. The monoisotopic (exact) mass is 329 g/mol. The number of rotatable bonds is 6. The van der Waals surface area contributed by atoms with Gasteiger partial charge in [-0.2, -0.15) is 4.98 Å². The molecule has 1 aromatic carbocycles. The van der Waals surface area contributed by atoms with E-state index in [0.29, 0.717) is 43.4 Å². The van der Waals surface area contributed by atoms with Crippen molar-refractivity contribution in [1.82, 2.24) is 14.9 Å². The van der Waals surface area contributed by atoms with Crippen LogP contribution in [0.1, 0.15) is 5.56 Å². The number of hydrogen-bond donors (Lipinski definition) is 1. The SMILES string of the molecule is O=CN1CCN(c2nccc(NCCc3ccccc3F)n2)CC1. The lowest BCUT2D eigenvalue weighted by Gasteiger charge is -2.32. The summed E-state index contributed by atoms with van der Waals surface area (Å²) in [6.45, 7) is 3.39. The zero-order valence-electron chi connectivity index (χ0n) is 13.4. The van der Waals surface area contributed by atoms with Crippen molar-refractivity contribution in [1.29, 1.82) is 0 Å². The zero-order valence-corrected chi connectivity index (χ0v) is 13.4. The van der Waals surface area contributed by atoms with Crippen molar-refractivity contribution in [2.75, 3.05) is 42.9 Å². The number of benzene rings is 1. The van der Waals surface area contributed by atoms with Crippen molar-refractivity contribution in [3.8, 4) is 0 Å². The highest BCUT2D eigenvalue weighted by molar-refractivity contribution is 5.49. The van der Waals surface area contributed by atoms with Crippen LogP contribution in [0.15, 0.2) is 36.5 Å². The maximum Gasteiger partial charge on any atom is 0.227 e. The van der Waals surface area contributed by atoms with E-state index in [-0.39, 0.29) is 5.82 Å². The number of hydrogen-bond acceptors (Lipinski definition) is 5. The highest BCUT2D eigenvalue weighted by Gasteiger charge is 2.17. The molecule has 0 saturated carbocycles. The van der Waals surface area contributed by atoms with Crippen LogP contribution >= 0.6 is 0 Å². The molecule has 126 valence electrons. The molecule has 6 nitrogen and oxygen atoms in total. The van der Waals surface area contributed by atoms with E-state index in [0.717, 1.165) is 19.5 Å². The van der Waals surface area contributed by atoms with E-state index >= 15 is 0 Å². The van der Waals surface area contributed by atoms with Gasteiger partial charge in [0, 0.05) is 38.9 Å². The number of nitrogens with one attached hydrogen (secondary N) is 1. The van der Waals surface area contributed by atoms with Crippen LogP contribution in [0.2, 0.25) is 0 Å². The molecule has 1 amide bonds. The molecular weight excluding hydrogens is 309 g/mol. The van der Waals surface area contributed by atoms with Crippen LogP contribution in [-0.2, 0) is 11.2 Å². The zero-order chi connectivity index (χ0) is 16.8. The number of anilines is 2. The number of halogens is 1. The molecule has 0 bridgehead atoms. The molecule has 1 saturated heterocycles. The number of piperazine rings is 1. The minimum absolute atomic E-state index is 0.185. The summed E-state index contributed by atoms with van der Waals surface area (Å²) in [6.07, 6.45) is 3.17. The summed E-state index contributed by atoms with van der Waals surface area (Å²) in [5.41, 5.74) is 0.685. The Morgan fingerprint density at radius 1 is 1.17 bits per heavy atom. The van der Waals surface area contributed by atoms with E-state index in [1.807, 2.05) is 6.07 Å². The van der Waals surface area contributed by atoms with Gasteiger partial charge in [-0.25, -0.2) is 9.37 Å². The number of amides is 1. The predicted octanol–water partition coefficient (Wildman–Crippen LogP) is 1.55. The predicted molar refractivity (Wildman–Crippen MR) is 90.5 cm³/mol. The fourth-order valence-electron chi connectivity index (χ4n) is 2.65. The van der Waals surface area contributed by atoms with Crippen LogP contribution in [0.25, 0.3) is 0 Å². The van der Waals surface area contributed by atoms with Crippen molar-refractivity contribution >= 4 is 18.2 Å². The Kier molecular flexibility index (Phi) is 5.20. The highest BCUT2D eigenvalue weighted by atomic mass is 19.1. The smallest absolute Gasteiger partial charge is 0.227 e. The molecule has 0 unspecified atom stereocenters. The highest BCUT2D eigenvalue weighted by Crippen LogP contribution is 2.13. The summed E-state index contributed by atoms with van der Waals surface area (Å²) in [4.78, 5) is 23.4. The summed E-state index contributed by atoms with van der Waals surface area (Å²) in [5.74, 6) is 1.18. The minimum atomic E-state index is -0.185. The standard InChI is InChI=1S/C17H20FN5O/c18-15-4-2-1-3-14(15)5-7-19-16-6-8-20-17(21-16)23-11-9-22(13-24)10-12-23/h1-4,6,8,13H,5,7,9-12H2,(H,19,20,21). The topological polar surface area (TPSA) is 61.4 Å². The van der Waals surface area contributed by atoms with Gasteiger partial charge in [0.25, 0.3) is 0 Å². The summed E-state index contributed by atoms with van der Waals surface area (Å²) in [7, 11) is 0. The molecule has 0 atom stereocenters. The molecule has 3 rings (SSSR count). The lowest BCUT2D eigenvalue weighted by Crippen LogP contribution is -2.46. The molecular formula is C17H20FN5O. The van der Waals surface area contributed by atoms with Crippen molar-refractivity contribution in [2.45, 2.75) is 6.42 Å². The van der Waals surface area contributed by atoms with E-state index in [4.69, 9.17) is 0 Å². The van der Waals surface area contributed by atoms with Crippen LogP contribution in [-0.4, -0.2) is 54.0 Å². The molecule has 1 aromatic heterocycles. The average Bonchev–Trinajstić information content (AvgIpc) is 2.64. The van der Waals surface area contributed by atoms with Gasteiger partial charge >= 0.3 is 0 Å². The maximum absolute atomic E-state index is 13.6. The molecule has 1 fully saturated rings. The number of nitrogens with zero attached hydrogens (tertiary/aromatic N) is 4. The fourth-order valence-corrected chi connectivity index (χ4v) is 2.65. The molecule has 2 heterocycles. The van der Waals surface area contributed by atoms with Crippen LogP contribution in [0.5, 0.6) is 0 Å². The van der Waals surface area contributed by atoms with Crippen molar-refractivity contribution in [2.24, 2.45) is 0 Å². The average molecular weight is 329 g/mol. The van der Waals surface area contributed by atoms with Crippen LogP contribution < -0.4 is 10.2 Å². The van der Waals surface area contributed by atoms with Gasteiger partial charge in [-0.05, 0) is 24.1 Å². The summed E-state index contributed by atoms with van der Waals surface area (Å²) in [5, 5.41) is 3.21. The fraction of sp³-hybridized carbons (Fsp3) is 0.353. The molecule has 0 radical (unpaired) electrons. The van der Waals surface area contributed by atoms with Crippen LogP contribution in [0.4, 0.5) is 16.2 Å². The molecule has 0 spiro atoms. The van der Waals surface area contributed by atoms with E-state index < -0.39 is 0 Å². The Bertz CT molecular complexity index is 688. The van der Waals surface area contributed by atoms with Gasteiger partial charge in [0.05, 0.1) is 0 Å². The van der Waals surface area contributed by atoms with Gasteiger partial charge in [-0.3, -0.25) is 4.79 Å². The first-order valence-corrected chi connectivity index (χ1v) is 8.01. The molecule has 1 aliphatic rings. The van der Waals surface area contributed by atoms with Gasteiger partial charge < -0.3 is 15.1 Å². The second-order valence-corrected chi connectivity index (χ2v) is 5.64. The Labute approximate surface area is 140 Å². The second kappa shape index (κ2) is 7.72. The first-order valence-electron chi connectivity index (χ1n) is 8.01. The van der Waals surface area contributed by atoms with Crippen molar-refractivity contribution in [3.63, 3.8) is 0 Å². The maximum atomic E-state index is 13.6. The first-order chi connectivity index (χ1) is 11.8. The van der Waals surface area contributed by atoms with Gasteiger partial charge in [-0.15, -0.1) is 0 Å². The van der Waals surface area contributed by atoms with Gasteiger partial charge in [0.2, 0.25) is 12.4 Å². The van der Waals surface area contributed by atoms with E-state index in [2.05, 4.69) is 20.2 Å². The van der Waals surface area contributed by atoms with Gasteiger partial charge in [0.1, 0.15) is 11.6 Å². The number of aromatic nitrogens is 2. The third-order valence-corrected chi connectivity index (χ3v) is 4.05. The second-order valence-electron chi connectivity index (χ2n) is 5.64. The summed E-state index contributed by atoms with van der Waals surface area (Å²) in [6, 6.07) is 8.58. The van der Waals surface area contributed by atoms with Gasteiger partial charge in [0.15, 0.2) is 0 Å². The minimum Gasteiger partial charge on any atom is -0.370 e. The third-order valence-electron chi connectivity index (χ3n) is 4.05. The van der Waals surface area contributed by atoms with Crippen molar-refractivity contribution < 1.29 is 9.18 Å². The van der Waals surface area contributed by atoms with E-state index in [1.165, 1.54) is 6.07 Å². The lowest BCUT2D eigenvalue weighted by atomic mass is 10.1. The third kappa shape index (κ3) is 3.98. The molecule has 24 heavy (non-hydrogen) atoms. The van der Waals surface area contributed by atoms with E-state index in [9.17, 15) is 9.18 Å². The molecule has 7 heteroatoms. The number of carbonyl (C=O) groups excluding carboxylic acids is 1. The Morgan fingerprint density at radius 2 is 1.96 bits per heavy atom. The van der Waals surface area contributed by atoms with Crippen LogP contribution in [0, 0.1) is 5.82 Å². The van der Waals surface area contributed by atoms with Gasteiger partial charge in [-0.1, -0.05) is 18.2 Å². The van der Waals surface area contributed by atoms with Crippen LogP contribution in [0.3, 0.4) is 0 Å². The Morgan fingerprint density at radius 3 is 2.71 bits per heavy atom. The summed E-state index contributed by atoms with van der Waals surface area (Å²) < 4.78 is 13.6. The quantitative estimate of drug-likeness (QED) is 0.815. The molecule has 1 aliphatic heterocycles. The summed E-state index contributed by atoms with van der Waals surface area (Å²) >= 11 is 0.